The van der Waals surface area contributed by atoms with Crippen LogP contribution in [-0.2, 0) is 10.0 Å². The summed E-state index contributed by atoms with van der Waals surface area (Å²) in [4.78, 5) is 17.4. The van der Waals surface area contributed by atoms with Gasteiger partial charge in [0.1, 0.15) is 0 Å². The minimum Gasteiger partial charge on any atom is -0.298 e. The van der Waals surface area contributed by atoms with Crippen LogP contribution in [0.25, 0.3) is 11.3 Å². The number of nitrogens with zero attached hydrogens (tertiary/aromatic N) is 2. The first-order valence-electron chi connectivity index (χ1n) is 9.81. The van der Waals surface area contributed by atoms with Crippen LogP contribution in [-0.4, -0.2) is 36.7 Å². The average molecular weight is 478 g/mol. The van der Waals surface area contributed by atoms with Gasteiger partial charge in [-0.1, -0.05) is 49.2 Å². The monoisotopic (exact) mass is 477 g/mol. The van der Waals surface area contributed by atoms with Gasteiger partial charge in [0.2, 0.25) is 10.0 Å². The van der Waals surface area contributed by atoms with E-state index in [1.54, 1.807) is 13.8 Å². The Bertz CT molecular complexity index is 1220. The second-order valence-corrected chi connectivity index (χ2v) is 10.2. The first kappa shape index (κ1) is 23.4. The number of benzene rings is 2. The summed E-state index contributed by atoms with van der Waals surface area (Å²) in [7, 11) is -3.71. The second-order valence-electron chi connectivity index (χ2n) is 7.04. The molecule has 1 heterocycles. The van der Waals surface area contributed by atoms with Crippen LogP contribution in [0.3, 0.4) is 0 Å². The maximum atomic E-state index is 12.8. The summed E-state index contributed by atoms with van der Waals surface area (Å²) < 4.78 is 26.9. The van der Waals surface area contributed by atoms with Crippen molar-refractivity contribution in [1.82, 2.24) is 9.29 Å². The van der Waals surface area contributed by atoms with E-state index < -0.39 is 15.9 Å². The lowest BCUT2D eigenvalue weighted by Crippen LogP contribution is -2.30. The molecular weight excluding hydrogens is 454 g/mol. The first-order valence-corrected chi connectivity index (χ1v) is 12.5. The van der Waals surface area contributed by atoms with Crippen molar-refractivity contribution >= 4 is 44.0 Å². The van der Waals surface area contributed by atoms with E-state index in [0.29, 0.717) is 18.2 Å². The number of carbonyl (C=O) groups is 1. The molecule has 2 aromatic carbocycles. The van der Waals surface area contributed by atoms with Gasteiger partial charge in [-0.25, -0.2) is 13.4 Å². The van der Waals surface area contributed by atoms with Gasteiger partial charge in [0.15, 0.2) is 5.13 Å². The summed E-state index contributed by atoms with van der Waals surface area (Å²) >= 11 is 7.50. The van der Waals surface area contributed by atoms with Gasteiger partial charge in [-0.15, -0.1) is 11.3 Å². The number of rotatable bonds is 7. The smallest absolute Gasteiger partial charge is 0.259 e. The Labute approximate surface area is 191 Å². The van der Waals surface area contributed by atoms with E-state index in [0.717, 1.165) is 16.8 Å². The Hall–Kier alpha value is -2.26. The third-order valence-electron chi connectivity index (χ3n) is 4.91. The van der Waals surface area contributed by atoms with E-state index in [4.69, 9.17) is 11.6 Å². The van der Waals surface area contributed by atoms with Crippen molar-refractivity contribution in [3.05, 3.63) is 63.5 Å². The number of aromatic nitrogens is 1. The van der Waals surface area contributed by atoms with E-state index in [1.807, 2.05) is 31.4 Å². The maximum absolute atomic E-state index is 12.8. The number of carbonyl (C=O) groups excluding carboxylic acids is 1. The van der Waals surface area contributed by atoms with Gasteiger partial charge in [-0.05, 0) is 37.6 Å². The number of sulfonamides is 1. The minimum absolute atomic E-state index is 0.0286. The Kier molecular flexibility index (Phi) is 7.16. The fourth-order valence-corrected chi connectivity index (χ4v) is 5.67. The predicted molar refractivity (Wildman–Crippen MR) is 127 cm³/mol. The maximum Gasteiger partial charge on any atom is 0.259 e. The van der Waals surface area contributed by atoms with Crippen LogP contribution in [0.2, 0.25) is 5.02 Å². The third-order valence-corrected chi connectivity index (χ3v) is 8.04. The van der Waals surface area contributed by atoms with Crippen molar-refractivity contribution in [1.29, 1.82) is 0 Å². The zero-order chi connectivity index (χ0) is 22.8. The molecule has 0 aliphatic rings. The summed E-state index contributed by atoms with van der Waals surface area (Å²) in [6, 6.07) is 10.2. The molecule has 3 rings (SSSR count). The van der Waals surface area contributed by atoms with E-state index in [2.05, 4.69) is 16.4 Å². The van der Waals surface area contributed by atoms with Crippen LogP contribution in [0.15, 0.2) is 46.7 Å². The number of aryl methyl sites for hydroxylation is 2. The Morgan fingerprint density at radius 1 is 1.13 bits per heavy atom. The topological polar surface area (TPSA) is 79.4 Å². The summed E-state index contributed by atoms with van der Waals surface area (Å²) in [5.41, 5.74) is 4.10. The SMILES string of the molecule is CCN(CC)S(=O)(=O)c1ccc(Cl)c(C(=O)Nc2nc(-c3ccc(C)cc3C)cs2)c1. The van der Waals surface area contributed by atoms with Crippen molar-refractivity contribution in [2.45, 2.75) is 32.6 Å². The molecule has 31 heavy (non-hydrogen) atoms. The van der Waals surface area contributed by atoms with Crippen molar-refractivity contribution < 1.29 is 13.2 Å². The Balaban J connectivity index is 1.87. The van der Waals surface area contributed by atoms with Crippen LogP contribution in [0.4, 0.5) is 5.13 Å². The van der Waals surface area contributed by atoms with Gasteiger partial charge >= 0.3 is 0 Å². The summed E-state index contributed by atoms with van der Waals surface area (Å²) in [5, 5.41) is 5.18. The fraction of sp³-hybridized carbons (Fsp3) is 0.273. The number of nitrogens with one attached hydrogen (secondary N) is 1. The number of halogens is 1. The first-order chi connectivity index (χ1) is 14.7. The average Bonchev–Trinajstić information content (AvgIpc) is 3.16. The van der Waals surface area contributed by atoms with Crippen molar-refractivity contribution in [3.63, 3.8) is 0 Å². The second kappa shape index (κ2) is 9.48. The lowest BCUT2D eigenvalue weighted by atomic mass is 10.0. The third kappa shape index (κ3) is 4.98. The number of hydrogen-bond donors (Lipinski definition) is 1. The zero-order valence-corrected chi connectivity index (χ0v) is 20.2. The molecule has 0 atom stereocenters. The highest BCUT2D eigenvalue weighted by molar-refractivity contribution is 7.89. The largest absolute Gasteiger partial charge is 0.298 e. The van der Waals surface area contributed by atoms with Crippen LogP contribution in [0.5, 0.6) is 0 Å². The quantitative estimate of drug-likeness (QED) is 0.496. The summed E-state index contributed by atoms with van der Waals surface area (Å²) in [5.74, 6) is -0.511. The highest BCUT2D eigenvalue weighted by Gasteiger charge is 2.24. The Morgan fingerprint density at radius 2 is 1.84 bits per heavy atom. The molecule has 0 fully saturated rings. The highest BCUT2D eigenvalue weighted by Crippen LogP contribution is 2.29. The van der Waals surface area contributed by atoms with E-state index in [-0.39, 0.29) is 15.5 Å². The van der Waals surface area contributed by atoms with Crippen LogP contribution in [0.1, 0.15) is 35.3 Å². The van der Waals surface area contributed by atoms with E-state index in [9.17, 15) is 13.2 Å². The van der Waals surface area contributed by atoms with Gasteiger partial charge in [-0.2, -0.15) is 4.31 Å². The standard InChI is InChI=1S/C22H24ClN3O3S2/c1-5-26(6-2)31(28,29)16-8-10-19(23)18(12-16)21(27)25-22-24-20(13-30-22)17-9-7-14(3)11-15(17)4/h7-13H,5-6H2,1-4H3,(H,24,25,27). The number of thiazole rings is 1. The van der Waals surface area contributed by atoms with Gasteiger partial charge in [0.05, 0.1) is 21.2 Å². The molecule has 0 unspecified atom stereocenters. The van der Waals surface area contributed by atoms with E-state index >= 15 is 0 Å². The van der Waals surface area contributed by atoms with Crippen LogP contribution >= 0.6 is 22.9 Å². The van der Waals surface area contributed by atoms with Crippen LogP contribution < -0.4 is 5.32 Å². The number of hydrogen-bond acceptors (Lipinski definition) is 5. The molecule has 0 aliphatic heterocycles. The summed E-state index contributed by atoms with van der Waals surface area (Å²) in [6.45, 7) is 8.25. The molecule has 0 radical (unpaired) electrons. The highest BCUT2D eigenvalue weighted by atomic mass is 35.5. The van der Waals surface area contributed by atoms with Gasteiger partial charge < -0.3 is 0 Å². The molecule has 0 saturated carbocycles. The Morgan fingerprint density at radius 3 is 2.48 bits per heavy atom. The molecule has 1 aromatic heterocycles. The molecule has 1 N–H and O–H groups in total. The summed E-state index contributed by atoms with van der Waals surface area (Å²) in [6.07, 6.45) is 0. The molecule has 0 bridgehead atoms. The zero-order valence-electron chi connectivity index (χ0n) is 17.8. The van der Waals surface area contributed by atoms with Crippen LogP contribution in [0, 0.1) is 13.8 Å². The number of amides is 1. The molecular formula is C22H24ClN3O3S2. The molecule has 6 nitrogen and oxygen atoms in total. The molecule has 0 saturated heterocycles. The van der Waals surface area contributed by atoms with Gasteiger partial charge in [0, 0.05) is 24.0 Å². The number of anilines is 1. The van der Waals surface area contributed by atoms with Gasteiger partial charge in [-0.3, -0.25) is 10.1 Å². The van der Waals surface area contributed by atoms with Crippen molar-refractivity contribution in [3.8, 4) is 11.3 Å². The van der Waals surface area contributed by atoms with Gasteiger partial charge in [0.25, 0.3) is 5.91 Å². The van der Waals surface area contributed by atoms with Crippen molar-refractivity contribution in [2.24, 2.45) is 0 Å². The molecule has 3 aromatic rings. The van der Waals surface area contributed by atoms with E-state index in [1.165, 1.54) is 39.4 Å². The molecule has 1 amide bonds. The molecule has 164 valence electrons. The fourth-order valence-electron chi connectivity index (χ4n) is 3.27. The normalized spacial score (nSPS) is 11.7. The molecule has 9 heteroatoms. The lowest BCUT2D eigenvalue weighted by Gasteiger charge is -2.19. The molecule has 0 spiro atoms. The van der Waals surface area contributed by atoms with Crippen molar-refractivity contribution in [2.75, 3.05) is 18.4 Å². The molecule has 0 aliphatic carbocycles. The predicted octanol–water partition coefficient (Wildman–Crippen LogP) is 5.36. The lowest BCUT2D eigenvalue weighted by molar-refractivity contribution is 0.102. The minimum atomic E-state index is -3.71.